The van der Waals surface area contributed by atoms with Crippen LogP contribution in [0.4, 0.5) is 14.0 Å². The first kappa shape index (κ1) is 50.1. The first-order valence-electron chi connectivity index (χ1n) is 23.0. The van der Waals surface area contributed by atoms with E-state index in [1.165, 1.54) is 15.9 Å². The van der Waals surface area contributed by atoms with E-state index in [1.807, 2.05) is 6.08 Å². The van der Waals surface area contributed by atoms with Gasteiger partial charge in [0.05, 0.1) is 18.3 Å². The normalized spacial score (nSPS) is 26.0. The Morgan fingerprint density at radius 2 is 1.64 bits per heavy atom. The molecule has 3 fully saturated rings. The van der Waals surface area contributed by atoms with Crippen LogP contribution in [0.3, 0.4) is 0 Å². The van der Waals surface area contributed by atoms with Crippen molar-refractivity contribution in [1.82, 2.24) is 30.5 Å². The highest BCUT2D eigenvalue weighted by Gasteiger charge is 2.62. The van der Waals surface area contributed by atoms with Crippen LogP contribution in [0.25, 0.3) is 0 Å². The van der Waals surface area contributed by atoms with Gasteiger partial charge in [-0.2, -0.15) is 0 Å². The molecule has 1 aromatic rings. The number of allylic oxidation sites excluding steroid dienone is 1. The highest BCUT2D eigenvalue weighted by atomic mass is 32.2. The molecular formula is C46H65FN6O12S. The number of sulfonamides is 1. The second-order valence-corrected chi connectivity index (χ2v) is 22.0. The number of fused-ring (bicyclic) bond motifs is 3. The van der Waals surface area contributed by atoms with Crippen molar-refractivity contribution in [1.29, 1.82) is 0 Å². The Bertz CT molecular complexity index is 2190. The first-order chi connectivity index (χ1) is 30.9. The molecule has 2 saturated carbocycles. The molecule has 5 aliphatic rings. The van der Waals surface area contributed by atoms with Crippen LogP contribution in [-0.2, 0) is 61.3 Å². The van der Waals surface area contributed by atoms with Crippen molar-refractivity contribution >= 4 is 51.8 Å². The Hall–Kier alpha value is -5.27. The molecule has 0 spiro atoms. The number of carbonyl (C=O) groups is 7. The van der Waals surface area contributed by atoms with E-state index < -0.39 is 110 Å². The molecule has 6 rings (SSSR count). The summed E-state index contributed by atoms with van der Waals surface area (Å²) in [5.74, 6) is -4.87. The van der Waals surface area contributed by atoms with Gasteiger partial charge in [-0.25, -0.2) is 22.4 Å². The summed E-state index contributed by atoms with van der Waals surface area (Å²) in [6, 6.07) is 0.525. The molecule has 6 atom stereocenters. The standard InChI is InChI=1S/C46H65FN6O12S/c1-44(2,3)64-37(54)22-21-34(49-42(59)65-45(4,5)6)38(55)48-35-18-13-11-9-7-8-10-12-16-29-24-46(29,41(58)51-66(61,62)31-19-20-31)50-39(56)36-23-30(26-53(36)40(35)57)63-43(60)52-25-28-15-14-17-33(47)32(28)27-52/h12,14-17,29-31,34-36H,7-11,13,18-27H2,1-6H3,(H,48,55)(H,49,59)(H,50,56)(H,51,58)/b16-12-/t29-,30+,34-,35-,36-,46+/m0/s1. The van der Waals surface area contributed by atoms with Crippen LogP contribution in [-0.4, -0.2) is 113 Å². The Kier molecular flexibility index (Phi) is 15.4. The number of ether oxygens (including phenoxy) is 3. The van der Waals surface area contributed by atoms with Gasteiger partial charge in [0, 0.05) is 30.9 Å². The van der Waals surface area contributed by atoms with Gasteiger partial charge in [0.15, 0.2) is 0 Å². The number of hydrogen-bond acceptors (Lipinski definition) is 12. The number of hydrogen-bond donors (Lipinski definition) is 4. The lowest BCUT2D eigenvalue weighted by Gasteiger charge is -2.31. The number of benzene rings is 1. The smallest absolute Gasteiger partial charge is 0.410 e. The number of esters is 1. The summed E-state index contributed by atoms with van der Waals surface area (Å²) in [5.41, 5.74) is -2.45. The molecule has 364 valence electrons. The lowest BCUT2D eigenvalue weighted by molar-refractivity contribution is -0.155. The summed E-state index contributed by atoms with van der Waals surface area (Å²) in [6.07, 6.45) is 5.49. The first-order valence-corrected chi connectivity index (χ1v) is 24.6. The van der Waals surface area contributed by atoms with E-state index in [0.29, 0.717) is 43.2 Å². The van der Waals surface area contributed by atoms with E-state index in [4.69, 9.17) is 14.2 Å². The molecular weight excluding hydrogens is 880 g/mol. The summed E-state index contributed by atoms with van der Waals surface area (Å²) in [6.45, 7) is 9.70. The van der Waals surface area contributed by atoms with Gasteiger partial charge >= 0.3 is 18.2 Å². The van der Waals surface area contributed by atoms with Gasteiger partial charge in [0.1, 0.15) is 46.8 Å². The highest BCUT2D eigenvalue weighted by molar-refractivity contribution is 7.91. The van der Waals surface area contributed by atoms with Crippen LogP contribution in [0.15, 0.2) is 30.4 Å². The van der Waals surface area contributed by atoms with Crippen LogP contribution in [0.1, 0.15) is 136 Å². The van der Waals surface area contributed by atoms with E-state index in [9.17, 15) is 46.4 Å². The zero-order chi connectivity index (χ0) is 48.2. The average molecular weight is 945 g/mol. The average Bonchev–Trinajstić information content (AvgIpc) is 4.10. The maximum Gasteiger partial charge on any atom is 0.410 e. The lowest BCUT2D eigenvalue weighted by Crippen LogP contribution is -2.59. The summed E-state index contributed by atoms with van der Waals surface area (Å²) in [5, 5.41) is 7.38. The van der Waals surface area contributed by atoms with Gasteiger partial charge in [0.2, 0.25) is 27.7 Å². The third kappa shape index (κ3) is 13.2. The maximum absolute atomic E-state index is 14.9. The molecule has 0 unspecified atom stereocenters. The predicted octanol–water partition coefficient (Wildman–Crippen LogP) is 4.53. The van der Waals surface area contributed by atoms with Crippen LogP contribution in [0.2, 0.25) is 0 Å². The summed E-state index contributed by atoms with van der Waals surface area (Å²) in [4.78, 5) is 99.6. The molecule has 0 aromatic heterocycles. The van der Waals surface area contributed by atoms with E-state index >= 15 is 0 Å². The van der Waals surface area contributed by atoms with E-state index in [2.05, 4.69) is 20.7 Å². The lowest BCUT2D eigenvalue weighted by atomic mass is 10.0. The van der Waals surface area contributed by atoms with Crippen LogP contribution < -0.4 is 20.7 Å². The maximum atomic E-state index is 14.9. The van der Waals surface area contributed by atoms with Crippen molar-refractivity contribution in [2.45, 2.75) is 184 Å². The molecule has 0 radical (unpaired) electrons. The SMILES string of the molecule is CC(C)(C)OC(=O)CC[C@H](NC(=O)OC(C)(C)C)C(=O)N[C@H]1CCCCCCC/C=C\[C@H]2C[C@@]2(C(=O)NS(=O)(=O)C2CC2)NC(=O)[C@@H]2C[C@@H](OC(=O)N3Cc4cccc(F)c4C3)CN2C1=O. The predicted molar refractivity (Wildman–Crippen MR) is 237 cm³/mol. The molecule has 3 heterocycles. The van der Waals surface area contributed by atoms with E-state index in [1.54, 1.807) is 59.8 Å². The number of nitrogens with zero attached hydrogens (tertiary/aromatic N) is 2. The number of halogens is 1. The third-order valence-corrected chi connectivity index (χ3v) is 14.0. The quantitative estimate of drug-likeness (QED) is 0.144. The minimum Gasteiger partial charge on any atom is -0.460 e. The molecule has 0 bridgehead atoms. The van der Waals surface area contributed by atoms with Crippen molar-refractivity contribution in [3.05, 3.63) is 47.3 Å². The van der Waals surface area contributed by atoms with Crippen LogP contribution >= 0.6 is 0 Å². The fourth-order valence-electron chi connectivity index (χ4n) is 8.57. The van der Waals surface area contributed by atoms with Crippen LogP contribution in [0.5, 0.6) is 0 Å². The minimum atomic E-state index is -4.00. The van der Waals surface area contributed by atoms with E-state index in [0.717, 1.165) is 19.3 Å². The molecule has 2 aliphatic carbocycles. The van der Waals surface area contributed by atoms with Gasteiger partial charge in [-0.15, -0.1) is 0 Å². The largest absolute Gasteiger partial charge is 0.460 e. The number of rotatable bonds is 10. The van der Waals surface area contributed by atoms with E-state index in [-0.39, 0.29) is 51.7 Å². The third-order valence-electron chi connectivity index (χ3n) is 12.2. The summed E-state index contributed by atoms with van der Waals surface area (Å²) in [7, 11) is -4.00. The molecule has 4 N–H and O–H groups in total. The minimum absolute atomic E-state index is 0.0586. The molecule has 20 heteroatoms. The van der Waals surface area contributed by atoms with Gasteiger partial charge < -0.3 is 35.1 Å². The molecule has 1 saturated heterocycles. The Morgan fingerprint density at radius 3 is 2.32 bits per heavy atom. The molecule has 18 nitrogen and oxygen atoms in total. The number of nitrogens with one attached hydrogen (secondary N) is 4. The summed E-state index contributed by atoms with van der Waals surface area (Å²) >= 11 is 0. The molecule has 1 aromatic carbocycles. The monoisotopic (exact) mass is 944 g/mol. The number of amides is 6. The number of carbonyl (C=O) groups excluding carboxylic acids is 7. The van der Waals surface area contributed by atoms with Gasteiger partial charge in [-0.3, -0.25) is 33.6 Å². The van der Waals surface area contributed by atoms with Crippen molar-refractivity contribution in [3.8, 4) is 0 Å². The van der Waals surface area contributed by atoms with Gasteiger partial charge in [0.25, 0.3) is 5.91 Å². The zero-order valence-electron chi connectivity index (χ0n) is 38.7. The van der Waals surface area contributed by atoms with Crippen molar-refractivity contribution in [3.63, 3.8) is 0 Å². The van der Waals surface area contributed by atoms with Crippen molar-refractivity contribution in [2.75, 3.05) is 6.54 Å². The molecule has 66 heavy (non-hydrogen) atoms. The fourth-order valence-corrected chi connectivity index (χ4v) is 9.94. The molecule has 3 aliphatic heterocycles. The number of alkyl carbamates (subject to hydrolysis) is 1. The summed E-state index contributed by atoms with van der Waals surface area (Å²) < 4.78 is 59.5. The Balaban J connectivity index is 1.28. The Morgan fingerprint density at radius 1 is 0.939 bits per heavy atom. The van der Waals surface area contributed by atoms with Crippen molar-refractivity contribution in [2.24, 2.45) is 5.92 Å². The molecule has 6 amide bonds. The second-order valence-electron chi connectivity index (χ2n) is 20.1. The highest BCUT2D eigenvalue weighted by Crippen LogP contribution is 2.46. The van der Waals surface area contributed by atoms with Crippen LogP contribution in [0, 0.1) is 11.7 Å². The second kappa shape index (κ2) is 20.3. The fraction of sp³-hybridized carbons (Fsp3) is 0.674. The zero-order valence-corrected chi connectivity index (χ0v) is 39.6. The topological polar surface area (TPSA) is 236 Å². The van der Waals surface area contributed by atoms with Crippen molar-refractivity contribution < 1.29 is 60.6 Å². The Labute approximate surface area is 385 Å². The van der Waals surface area contributed by atoms with Gasteiger partial charge in [-0.05, 0) is 98.1 Å². The van der Waals surface area contributed by atoms with Gasteiger partial charge in [-0.1, -0.05) is 50.0 Å².